The highest BCUT2D eigenvalue weighted by atomic mass is 16.5. The fourth-order valence-electron chi connectivity index (χ4n) is 4.40. The first-order valence-corrected chi connectivity index (χ1v) is 10.2. The first kappa shape index (κ1) is 18.7. The van der Waals surface area contributed by atoms with E-state index in [-0.39, 0.29) is 17.7 Å². The standard InChI is InChI=1S/C22H27N3O3/c1-24(15-19-13-20(23-28-19)16-7-3-2-4-8-16)22(27)17-11-12-21(26)25(14-17)18-9-5-6-10-18/h2-4,7-8,13,17-18H,5-6,9-12,14-15H2,1H3. The lowest BCUT2D eigenvalue weighted by Crippen LogP contribution is -2.49. The molecule has 6 heteroatoms. The first-order chi connectivity index (χ1) is 13.6. The minimum atomic E-state index is -0.125. The Bertz CT molecular complexity index is 827. The number of piperidine rings is 1. The van der Waals surface area contributed by atoms with Crippen molar-refractivity contribution in [1.29, 1.82) is 0 Å². The van der Waals surface area contributed by atoms with Gasteiger partial charge in [0.25, 0.3) is 0 Å². The molecular formula is C22H27N3O3. The predicted octanol–water partition coefficient (Wildman–Crippen LogP) is 3.48. The highest BCUT2D eigenvalue weighted by Crippen LogP contribution is 2.29. The van der Waals surface area contributed by atoms with E-state index in [4.69, 9.17) is 4.52 Å². The van der Waals surface area contributed by atoms with Gasteiger partial charge in [-0.2, -0.15) is 0 Å². The van der Waals surface area contributed by atoms with E-state index in [1.54, 1.807) is 11.9 Å². The van der Waals surface area contributed by atoms with Gasteiger partial charge in [0, 0.05) is 37.7 Å². The highest BCUT2D eigenvalue weighted by Gasteiger charge is 2.36. The van der Waals surface area contributed by atoms with Crippen LogP contribution in [0.2, 0.25) is 0 Å². The van der Waals surface area contributed by atoms with Crippen LogP contribution in [0, 0.1) is 5.92 Å². The van der Waals surface area contributed by atoms with E-state index in [0.717, 1.165) is 24.1 Å². The molecule has 1 saturated heterocycles. The van der Waals surface area contributed by atoms with Crippen LogP contribution in [0.3, 0.4) is 0 Å². The van der Waals surface area contributed by atoms with Crippen LogP contribution in [-0.4, -0.2) is 46.4 Å². The molecule has 2 fully saturated rings. The smallest absolute Gasteiger partial charge is 0.227 e. The second-order valence-electron chi connectivity index (χ2n) is 7.96. The maximum atomic E-state index is 13.0. The summed E-state index contributed by atoms with van der Waals surface area (Å²) in [6.07, 6.45) is 5.62. The van der Waals surface area contributed by atoms with Gasteiger partial charge in [0.1, 0.15) is 5.69 Å². The van der Waals surface area contributed by atoms with Crippen LogP contribution in [0.25, 0.3) is 11.3 Å². The number of amides is 2. The minimum Gasteiger partial charge on any atom is -0.359 e. The summed E-state index contributed by atoms with van der Waals surface area (Å²) in [5.74, 6) is 0.823. The van der Waals surface area contributed by atoms with Crippen LogP contribution >= 0.6 is 0 Å². The summed E-state index contributed by atoms with van der Waals surface area (Å²) in [4.78, 5) is 29.0. The number of benzene rings is 1. The largest absolute Gasteiger partial charge is 0.359 e. The number of likely N-dealkylation sites (tertiary alicyclic amines) is 1. The molecule has 2 aromatic rings. The van der Waals surface area contributed by atoms with Gasteiger partial charge in [-0.1, -0.05) is 48.3 Å². The topological polar surface area (TPSA) is 66.7 Å². The van der Waals surface area contributed by atoms with Crippen LogP contribution < -0.4 is 0 Å². The molecule has 1 unspecified atom stereocenters. The number of nitrogens with zero attached hydrogens (tertiary/aromatic N) is 3. The Morgan fingerprint density at radius 2 is 1.96 bits per heavy atom. The molecule has 2 aliphatic rings. The van der Waals surface area contributed by atoms with E-state index in [2.05, 4.69) is 5.16 Å². The molecule has 1 aliphatic heterocycles. The fourth-order valence-corrected chi connectivity index (χ4v) is 4.40. The fraction of sp³-hybridized carbons (Fsp3) is 0.500. The molecule has 2 amide bonds. The van der Waals surface area contributed by atoms with Crippen LogP contribution in [0.4, 0.5) is 0 Å². The predicted molar refractivity (Wildman–Crippen MR) is 105 cm³/mol. The SMILES string of the molecule is CN(Cc1cc(-c2ccccc2)no1)C(=O)C1CCC(=O)N(C2CCCC2)C1. The quantitative estimate of drug-likeness (QED) is 0.795. The molecule has 148 valence electrons. The van der Waals surface area contributed by atoms with Crippen molar-refractivity contribution in [3.8, 4) is 11.3 Å². The molecule has 0 N–H and O–H groups in total. The van der Waals surface area contributed by atoms with Gasteiger partial charge in [-0.15, -0.1) is 0 Å². The molecule has 1 aliphatic carbocycles. The molecule has 0 radical (unpaired) electrons. The van der Waals surface area contributed by atoms with E-state index >= 15 is 0 Å². The Kier molecular flexibility index (Phi) is 5.46. The van der Waals surface area contributed by atoms with Crippen molar-refractivity contribution in [1.82, 2.24) is 15.0 Å². The van der Waals surface area contributed by atoms with Crippen LogP contribution in [0.1, 0.15) is 44.3 Å². The third-order valence-electron chi connectivity index (χ3n) is 5.96. The second kappa shape index (κ2) is 8.17. The van der Waals surface area contributed by atoms with Crippen molar-refractivity contribution in [2.75, 3.05) is 13.6 Å². The van der Waals surface area contributed by atoms with Crippen LogP contribution in [-0.2, 0) is 16.1 Å². The maximum Gasteiger partial charge on any atom is 0.227 e. The van der Waals surface area contributed by atoms with Gasteiger partial charge in [-0.05, 0) is 19.3 Å². The lowest BCUT2D eigenvalue weighted by Gasteiger charge is -2.37. The third kappa shape index (κ3) is 3.96. The average molecular weight is 381 g/mol. The van der Waals surface area contributed by atoms with Gasteiger partial charge in [-0.25, -0.2) is 0 Å². The zero-order valence-electron chi connectivity index (χ0n) is 16.3. The Balaban J connectivity index is 1.38. The highest BCUT2D eigenvalue weighted by molar-refractivity contribution is 5.84. The number of carbonyl (C=O) groups is 2. The van der Waals surface area contributed by atoms with Crippen molar-refractivity contribution in [3.63, 3.8) is 0 Å². The summed E-state index contributed by atoms with van der Waals surface area (Å²) in [6.45, 7) is 0.935. The van der Waals surface area contributed by atoms with Gasteiger partial charge < -0.3 is 14.3 Å². The summed E-state index contributed by atoms with van der Waals surface area (Å²) in [6, 6.07) is 12.0. The maximum absolute atomic E-state index is 13.0. The summed E-state index contributed by atoms with van der Waals surface area (Å²) in [5.41, 5.74) is 1.76. The van der Waals surface area contributed by atoms with Gasteiger partial charge in [0.05, 0.1) is 12.5 Å². The van der Waals surface area contributed by atoms with Crippen molar-refractivity contribution in [2.45, 2.75) is 51.1 Å². The van der Waals surface area contributed by atoms with Gasteiger partial charge in [-0.3, -0.25) is 9.59 Å². The average Bonchev–Trinajstić information content (AvgIpc) is 3.41. The van der Waals surface area contributed by atoms with E-state index in [1.165, 1.54) is 12.8 Å². The van der Waals surface area contributed by atoms with Gasteiger partial charge >= 0.3 is 0 Å². The Labute approximate surface area is 165 Å². The molecular weight excluding hydrogens is 354 g/mol. The lowest BCUT2D eigenvalue weighted by atomic mass is 9.94. The lowest BCUT2D eigenvalue weighted by molar-refractivity contribution is -0.144. The van der Waals surface area contributed by atoms with Crippen molar-refractivity contribution in [3.05, 3.63) is 42.2 Å². The normalized spacial score (nSPS) is 20.5. The minimum absolute atomic E-state index is 0.0770. The summed E-state index contributed by atoms with van der Waals surface area (Å²) in [7, 11) is 1.80. The Hall–Kier alpha value is -2.63. The Morgan fingerprint density at radius 3 is 2.71 bits per heavy atom. The molecule has 2 heterocycles. The van der Waals surface area contributed by atoms with E-state index in [9.17, 15) is 9.59 Å². The van der Waals surface area contributed by atoms with E-state index in [0.29, 0.717) is 37.7 Å². The molecule has 1 aromatic heterocycles. The molecule has 4 rings (SSSR count). The zero-order chi connectivity index (χ0) is 19.5. The molecule has 0 spiro atoms. The number of hydrogen-bond donors (Lipinski definition) is 0. The number of rotatable bonds is 5. The molecule has 28 heavy (non-hydrogen) atoms. The molecule has 1 aromatic carbocycles. The van der Waals surface area contributed by atoms with E-state index in [1.807, 2.05) is 41.3 Å². The molecule has 0 bridgehead atoms. The van der Waals surface area contributed by atoms with Crippen molar-refractivity contribution in [2.24, 2.45) is 5.92 Å². The molecule has 6 nitrogen and oxygen atoms in total. The van der Waals surface area contributed by atoms with Crippen molar-refractivity contribution >= 4 is 11.8 Å². The summed E-state index contributed by atoms with van der Waals surface area (Å²) in [5, 5.41) is 4.12. The summed E-state index contributed by atoms with van der Waals surface area (Å²) >= 11 is 0. The Morgan fingerprint density at radius 1 is 1.21 bits per heavy atom. The zero-order valence-corrected chi connectivity index (χ0v) is 16.3. The third-order valence-corrected chi connectivity index (χ3v) is 5.96. The number of hydrogen-bond acceptors (Lipinski definition) is 4. The van der Waals surface area contributed by atoms with Crippen molar-refractivity contribution < 1.29 is 14.1 Å². The van der Waals surface area contributed by atoms with E-state index < -0.39 is 0 Å². The van der Waals surface area contributed by atoms with Crippen LogP contribution in [0.5, 0.6) is 0 Å². The summed E-state index contributed by atoms with van der Waals surface area (Å²) < 4.78 is 5.44. The first-order valence-electron chi connectivity index (χ1n) is 10.2. The molecule has 1 saturated carbocycles. The van der Waals surface area contributed by atoms with Crippen LogP contribution in [0.15, 0.2) is 40.9 Å². The molecule has 1 atom stereocenters. The van der Waals surface area contributed by atoms with Gasteiger partial charge in [0.15, 0.2) is 5.76 Å². The number of aromatic nitrogens is 1. The van der Waals surface area contributed by atoms with Gasteiger partial charge in [0.2, 0.25) is 11.8 Å². The number of carbonyl (C=O) groups excluding carboxylic acids is 2. The monoisotopic (exact) mass is 381 g/mol. The second-order valence-corrected chi connectivity index (χ2v) is 7.96.